The molecule has 1 aliphatic rings. The molecule has 0 saturated heterocycles. The summed E-state index contributed by atoms with van der Waals surface area (Å²) in [6.07, 6.45) is 6.32. The largest absolute Gasteiger partial charge is 0.493 e. The normalized spacial score (nSPS) is 14.6. The van der Waals surface area contributed by atoms with Crippen LogP contribution in [0.4, 0.5) is 5.69 Å². The fourth-order valence-electron chi connectivity index (χ4n) is 3.42. The van der Waals surface area contributed by atoms with Crippen LogP contribution in [0.15, 0.2) is 36.4 Å². The minimum atomic E-state index is -0.423. The minimum absolute atomic E-state index is 0.0548. The zero-order chi connectivity index (χ0) is 19.9. The first-order chi connectivity index (χ1) is 13.6. The Bertz CT molecular complexity index is 805. The van der Waals surface area contributed by atoms with Crippen LogP contribution in [-0.4, -0.2) is 18.1 Å². The summed E-state index contributed by atoms with van der Waals surface area (Å²) in [5.41, 5.74) is 1.86. The molecule has 28 heavy (non-hydrogen) atoms. The van der Waals surface area contributed by atoms with Crippen molar-refractivity contribution in [2.45, 2.75) is 51.3 Å². The van der Waals surface area contributed by atoms with Gasteiger partial charge in [0.15, 0.2) is 11.5 Å². The van der Waals surface area contributed by atoms with Gasteiger partial charge in [-0.3, -0.25) is 10.1 Å². The lowest BCUT2D eigenvalue weighted by Crippen LogP contribution is -2.30. The molecule has 0 unspecified atom stereocenters. The topological polar surface area (TPSA) is 73.6 Å². The molecule has 0 spiro atoms. The second kappa shape index (κ2) is 9.75. The van der Waals surface area contributed by atoms with E-state index in [1.807, 2.05) is 6.07 Å². The molecule has 2 aromatic carbocycles. The molecule has 1 fully saturated rings. The Morgan fingerprint density at radius 1 is 1.14 bits per heavy atom. The van der Waals surface area contributed by atoms with Crippen LogP contribution >= 0.6 is 11.6 Å². The molecule has 6 nitrogen and oxygen atoms in total. The molecule has 0 bridgehead atoms. The predicted molar refractivity (Wildman–Crippen MR) is 109 cm³/mol. The number of hydrogen-bond acceptors (Lipinski definition) is 5. The van der Waals surface area contributed by atoms with Crippen molar-refractivity contribution in [1.29, 1.82) is 0 Å². The SMILES string of the molecule is COc1cc(CNC2CCCCC2)c(Cl)cc1OCc1ccc([N+](=O)[O-])cc1. The van der Waals surface area contributed by atoms with Crippen LogP contribution < -0.4 is 14.8 Å². The van der Waals surface area contributed by atoms with Crippen molar-refractivity contribution in [2.24, 2.45) is 0 Å². The molecular formula is C21H25ClN2O4. The number of methoxy groups -OCH3 is 1. The van der Waals surface area contributed by atoms with Gasteiger partial charge in [-0.2, -0.15) is 0 Å². The van der Waals surface area contributed by atoms with E-state index in [1.54, 1.807) is 25.3 Å². The Morgan fingerprint density at radius 3 is 2.50 bits per heavy atom. The average Bonchev–Trinajstić information content (AvgIpc) is 2.72. The van der Waals surface area contributed by atoms with Crippen molar-refractivity contribution < 1.29 is 14.4 Å². The Hall–Kier alpha value is -2.31. The van der Waals surface area contributed by atoms with Gasteiger partial charge in [0.2, 0.25) is 0 Å². The monoisotopic (exact) mass is 404 g/mol. The van der Waals surface area contributed by atoms with Gasteiger partial charge in [0.25, 0.3) is 5.69 Å². The molecule has 0 aromatic heterocycles. The first-order valence-corrected chi connectivity index (χ1v) is 9.90. The second-order valence-electron chi connectivity index (χ2n) is 7.02. The number of nitrogens with one attached hydrogen (secondary N) is 1. The minimum Gasteiger partial charge on any atom is -0.493 e. The third kappa shape index (κ3) is 5.36. The van der Waals surface area contributed by atoms with E-state index in [0.717, 1.165) is 11.1 Å². The fraction of sp³-hybridized carbons (Fsp3) is 0.429. The van der Waals surface area contributed by atoms with Gasteiger partial charge < -0.3 is 14.8 Å². The van der Waals surface area contributed by atoms with Gasteiger partial charge in [-0.15, -0.1) is 0 Å². The first kappa shape index (κ1) is 20.4. The molecule has 0 heterocycles. The van der Waals surface area contributed by atoms with Gasteiger partial charge in [-0.25, -0.2) is 0 Å². The van der Waals surface area contributed by atoms with Gasteiger partial charge in [0, 0.05) is 35.8 Å². The van der Waals surface area contributed by atoms with Crippen molar-refractivity contribution in [2.75, 3.05) is 7.11 Å². The van der Waals surface area contributed by atoms with E-state index in [0.29, 0.717) is 29.1 Å². The summed E-state index contributed by atoms with van der Waals surface area (Å²) in [4.78, 5) is 10.3. The van der Waals surface area contributed by atoms with Crippen molar-refractivity contribution in [3.63, 3.8) is 0 Å². The third-order valence-corrected chi connectivity index (χ3v) is 5.41. The molecule has 150 valence electrons. The Labute approximate surface area is 170 Å². The van der Waals surface area contributed by atoms with Crippen LogP contribution in [0.25, 0.3) is 0 Å². The molecule has 0 amide bonds. The number of rotatable bonds is 8. The highest BCUT2D eigenvalue weighted by atomic mass is 35.5. The van der Waals surface area contributed by atoms with Gasteiger partial charge in [0.05, 0.1) is 12.0 Å². The first-order valence-electron chi connectivity index (χ1n) is 9.52. The number of benzene rings is 2. The van der Waals surface area contributed by atoms with Crippen molar-refractivity contribution in [1.82, 2.24) is 5.32 Å². The van der Waals surface area contributed by atoms with E-state index >= 15 is 0 Å². The zero-order valence-corrected chi connectivity index (χ0v) is 16.7. The van der Waals surface area contributed by atoms with E-state index in [9.17, 15) is 10.1 Å². The Kier molecular flexibility index (Phi) is 7.12. The highest BCUT2D eigenvalue weighted by Crippen LogP contribution is 2.34. The number of nitro benzene ring substituents is 1. The van der Waals surface area contributed by atoms with E-state index in [4.69, 9.17) is 21.1 Å². The quantitative estimate of drug-likeness (QED) is 0.480. The van der Waals surface area contributed by atoms with Crippen LogP contribution in [0.2, 0.25) is 5.02 Å². The summed E-state index contributed by atoms with van der Waals surface area (Å²) in [6, 6.07) is 10.5. The smallest absolute Gasteiger partial charge is 0.269 e. The van der Waals surface area contributed by atoms with Gasteiger partial charge in [-0.1, -0.05) is 30.9 Å². The highest BCUT2D eigenvalue weighted by Gasteiger charge is 2.15. The predicted octanol–water partition coefficient (Wildman–Crippen LogP) is 5.26. The van der Waals surface area contributed by atoms with Crippen LogP contribution in [0, 0.1) is 10.1 Å². The summed E-state index contributed by atoms with van der Waals surface area (Å²) in [7, 11) is 1.60. The second-order valence-corrected chi connectivity index (χ2v) is 7.43. The Balaban J connectivity index is 1.64. The lowest BCUT2D eigenvalue weighted by molar-refractivity contribution is -0.384. The van der Waals surface area contributed by atoms with E-state index in [1.165, 1.54) is 44.2 Å². The lowest BCUT2D eigenvalue weighted by Gasteiger charge is -2.23. The molecule has 1 aliphatic carbocycles. The lowest BCUT2D eigenvalue weighted by atomic mass is 9.95. The molecule has 1 saturated carbocycles. The standard InChI is InChI=1S/C21H25ClN2O4/c1-27-20-11-16(13-23-17-5-3-2-4-6-17)19(22)12-21(20)28-14-15-7-9-18(10-8-15)24(25)26/h7-12,17,23H,2-6,13-14H2,1H3. The van der Waals surface area contributed by atoms with Crippen LogP contribution in [0.1, 0.15) is 43.2 Å². The maximum absolute atomic E-state index is 10.7. The van der Waals surface area contributed by atoms with Crippen molar-refractivity contribution >= 4 is 17.3 Å². The van der Waals surface area contributed by atoms with E-state index in [2.05, 4.69) is 5.32 Å². The highest BCUT2D eigenvalue weighted by molar-refractivity contribution is 6.31. The van der Waals surface area contributed by atoms with Gasteiger partial charge in [-0.05, 0) is 42.2 Å². The molecule has 1 N–H and O–H groups in total. The third-order valence-electron chi connectivity index (χ3n) is 5.06. The van der Waals surface area contributed by atoms with Crippen molar-refractivity contribution in [3.8, 4) is 11.5 Å². The summed E-state index contributed by atoms with van der Waals surface area (Å²) >= 11 is 6.46. The number of hydrogen-bond donors (Lipinski definition) is 1. The Morgan fingerprint density at radius 2 is 1.86 bits per heavy atom. The average molecular weight is 405 g/mol. The molecule has 0 aliphatic heterocycles. The van der Waals surface area contributed by atoms with Gasteiger partial charge in [0.1, 0.15) is 6.61 Å². The fourth-order valence-corrected chi connectivity index (χ4v) is 3.64. The maximum atomic E-state index is 10.7. The number of ether oxygens (including phenoxy) is 2. The summed E-state index contributed by atoms with van der Waals surface area (Å²) < 4.78 is 11.3. The summed E-state index contributed by atoms with van der Waals surface area (Å²) in [6.45, 7) is 0.965. The van der Waals surface area contributed by atoms with Crippen molar-refractivity contribution in [3.05, 3.63) is 62.7 Å². The molecule has 0 radical (unpaired) electrons. The van der Waals surface area contributed by atoms with Crippen LogP contribution in [0.3, 0.4) is 0 Å². The number of nitrogens with zero attached hydrogens (tertiary/aromatic N) is 1. The van der Waals surface area contributed by atoms with Gasteiger partial charge >= 0.3 is 0 Å². The van der Waals surface area contributed by atoms with Crippen LogP contribution in [-0.2, 0) is 13.2 Å². The van der Waals surface area contributed by atoms with E-state index in [-0.39, 0.29) is 12.3 Å². The molecule has 7 heteroatoms. The zero-order valence-electron chi connectivity index (χ0n) is 15.9. The summed E-state index contributed by atoms with van der Waals surface area (Å²) in [5.74, 6) is 1.17. The van der Waals surface area contributed by atoms with E-state index < -0.39 is 4.92 Å². The maximum Gasteiger partial charge on any atom is 0.269 e. The molecule has 3 rings (SSSR count). The number of halogens is 1. The molecule has 2 aromatic rings. The van der Waals surface area contributed by atoms with Crippen LogP contribution in [0.5, 0.6) is 11.5 Å². The molecular weight excluding hydrogens is 380 g/mol. The number of non-ortho nitro benzene ring substituents is 1. The molecule has 0 atom stereocenters. The summed E-state index contributed by atoms with van der Waals surface area (Å²) in [5, 5.41) is 15.0. The number of nitro groups is 1.